The standard InChI is InChI=1S/C24H15N3OS2/c28-16-4-1-14(2-5-16)19-12-29-24-11-18-20(7-8-25-21(18)10-17(19)24)27-15-3-6-23-22(9-15)26-13-30-23/h1-13,28H,(H,25,27). The Hall–Kier alpha value is -3.48. The Morgan fingerprint density at radius 1 is 0.767 bits per heavy atom. The molecule has 3 aromatic carbocycles. The first kappa shape index (κ1) is 17.4. The minimum Gasteiger partial charge on any atom is -0.508 e. The number of benzene rings is 3. The van der Waals surface area contributed by atoms with Gasteiger partial charge in [0.2, 0.25) is 0 Å². The van der Waals surface area contributed by atoms with Gasteiger partial charge in [0.1, 0.15) is 5.75 Å². The van der Waals surface area contributed by atoms with Gasteiger partial charge in [-0.3, -0.25) is 4.98 Å². The highest BCUT2D eigenvalue weighted by molar-refractivity contribution is 7.18. The lowest BCUT2D eigenvalue weighted by Gasteiger charge is -2.10. The first-order chi connectivity index (χ1) is 14.7. The third-order valence-corrected chi connectivity index (χ3v) is 6.98. The molecule has 144 valence electrons. The van der Waals surface area contributed by atoms with Crippen molar-refractivity contribution in [1.82, 2.24) is 9.97 Å². The number of aromatic hydroxyl groups is 1. The Kier molecular flexibility index (Phi) is 3.94. The van der Waals surface area contributed by atoms with Crippen molar-refractivity contribution in [3.05, 3.63) is 77.8 Å². The molecule has 30 heavy (non-hydrogen) atoms. The molecule has 0 saturated carbocycles. The summed E-state index contributed by atoms with van der Waals surface area (Å²) in [7, 11) is 0. The lowest BCUT2D eigenvalue weighted by Crippen LogP contribution is -1.92. The molecule has 3 aromatic heterocycles. The van der Waals surface area contributed by atoms with Gasteiger partial charge in [-0.2, -0.15) is 0 Å². The van der Waals surface area contributed by atoms with Crippen LogP contribution >= 0.6 is 22.7 Å². The van der Waals surface area contributed by atoms with E-state index in [1.807, 2.05) is 29.9 Å². The van der Waals surface area contributed by atoms with Crippen LogP contribution in [0, 0.1) is 0 Å². The van der Waals surface area contributed by atoms with E-state index in [-0.39, 0.29) is 5.75 Å². The van der Waals surface area contributed by atoms with Gasteiger partial charge >= 0.3 is 0 Å². The van der Waals surface area contributed by atoms with Gasteiger partial charge in [0.25, 0.3) is 0 Å². The SMILES string of the molecule is Oc1ccc(-c2csc3cc4c(Nc5ccc6scnc6c5)ccnc4cc23)cc1. The van der Waals surface area contributed by atoms with Gasteiger partial charge < -0.3 is 10.4 Å². The highest BCUT2D eigenvalue weighted by Gasteiger charge is 2.11. The molecule has 0 aliphatic rings. The zero-order chi connectivity index (χ0) is 20.1. The van der Waals surface area contributed by atoms with Crippen molar-refractivity contribution in [2.75, 3.05) is 5.32 Å². The molecule has 0 unspecified atom stereocenters. The van der Waals surface area contributed by atoms with Gasteiger partial charge in [0, 0.05) is 38.6 Å². The summed E-state index contributed by atoms with van der Waals surface area (Å²) in [5.74, 6) is 0.275. The van der Waals surface area contributed by atoms with Crippen molar-refractivity contribution >= 4 is 65.3 Å². The van der Waals surface area contributed by atoms with Crippen LogP contribution in [0.3, 0.4) is 0 Å². The second kappa shape index (κ2) is 6.79. The lowest BCUT2D eigenvalue weighted by molar-refractivity contribution is 0.475. The maximum absolute atomic E-state index is 9.59. The molecule has 6 heteroatoms. The van der Waals surface area contributed by atoms with E-state index in [0.29, 0.717) is 0 Å². The Bertz CT molecular complexity index is 1530. The molecule has 0 amide bonds. The number of thiazole rings is 1. The Morgan fingerprint density at radius 2 is 1.67 bits per heavy atom. The van der Waals surface area contributed by atoms with Gasteiger partial charge in [-0.1, -0.05) is 12.1 Å². The number of nitrogens with one attached hydrogen (secondary N) is 1. The van der Waals surface area contributed by atoms with Gasteiger partial charge in [-0.05, 0) is 59.5 Å². The van der Waals surface area contributed by atoms with E-state index in [2.05, 4.69) is 51.0 Å². The number of rotatable bonds is 3. The number of anilines is 2. The molecule has 0 bridgehead atoms. The number of phenolic OH excluding ortho intramolecular Hbond substituents is 1. The normalized spacial score (nSPS) is 11.5. The summed E-state index contributed by atoms with van der Waals surface area (Å²) in [6.45, 7) is 0. The van der Waals surface area contributed by atoms with Crippen LogP contribution in [-0.4, -0.2) is 15.1 Å². The van der Waals surface area contributed by atoms with Gasteiger partial charge in [-0.15, -0.1) is 22.7 Å². The quantitative estimate of drug-likeness (QED) is 0.315. The second-order valence-corrected chi connectivity index (χ2v) is 8.88. The Morgan fingerprint density at radius 3 is 2.57 bits per heavy atom. The van der Waals surface area contributed by atoms with Crippen LogP contribution in [0.2, 0.25) is 0 Å². The average Bonchev–Trinajstić information content (AvgIpc) is 3.39. The summed E-state index contributed by atoms with van der Waals surface area (Å²) in [6, 6.07) is 20.0. The first-order valence-electron chi connectivity index (χ1n) is 9.44. The molecule has 2 N–H and O–H groups in total. The van der Waals surface area contributed by atoms with Crippen LogP contribution in [0.4, 0.5) is 11.4 Å². The fourth-order valence-electron chi connectivity index (χ4n) is 3.73. The summed E-state index contributed by atoms with van der Waals surface area (Å²) in [6.07, 6.45) is 1.84. The molecule has 3 heterocycles. The molecule has 0 aliphatic heterocycles. The molecule has 0 atom stereocenters. The largest absolute Gasteiger partial charge is 0.508 e. The van der Waals surface area contributed by atoms with E-state index in [9.17, 15) is 5.11 Å². The third kappa shape index (κ3) is 2.89. The van der Waals surface area contributed by atoms with Crippen LogP contribution in [0.25, 0.3) is 42.3 Å². The highest BCUT2D eigenvalue weighted by atomic mass is 32.1. The molecule has 0 radical (unpaired) electrons. The maximum Gasteiger partial charge on any atom is 0.115 e. The number of pyridine rings is 1. The third-order valence-electron chi connectivity index (χ3n) is 5.22. The summed E-state index contributed by atoms with van der Waals surface area (Å²) < 4.78 is 2.39. The van der Waals surface area contributed by atoms with Crippen LogP contribution in [-0.2, 0) is 0 Å². The smallest absolute Gasteiger partial charge is 0.115 e. The topological polar surface area (TPSA) is 58.0 Å². The Labute approximate surface area is 180 Å². The zero-order valence-corrected chi connectivity index (χ0v) is 17.3. The van der Waals surface area contributed by atoms with Crippen molar-refractivity contribution in [2.45, 2.75) is 0 Å². The summed E-state index contributed by atoms with van der Waals surface area (Å²) in [4.78, 5) is 9.03. The molecule has 0 spiro atoms. The molecule has 4 nitrogen and oxygen atoms in total. The number of aromatic nitrogens is 2. The summed E-state index contributed by atoms with van der Waals surface area (Å²) in [5.41, 5.74) is 8.10. The summed E-state index contributed by atoms with van der Waals surface area (Å²) in [5, 5.41) is 17.6. The zero-order valence-electron chi connectivity index (χ0n) is 15.7. The average molecular weight is 426 g/mol. The predicted octanol–water partition coefficient (Wildman–Crippen LogP) is 7.18. The first-order valence-corrected chi connectivity index (χ1v) is 11.2. The number of fused-ring (bicyclic) bond motifs is 3. The highest BCUT2D eigenvalue weighted by Crippen LogP contribution is 2.38. The van der Waals surface area contributed by atoms with Gasteiger partial charge in [-0.25, -0.2) is 4.98 Å². The molecule has 0 aliphatic carbocycles. The second-order valence-electron chi connectivity index (χ2n) is 7.08. The van der Waals surface area contributed by atoms with Crippen LogP contribution in [0.1, 0.15) is 0 Å². The van der Waals surface area contributed by atoms with Crippen molar-refractivity contribution in [3.8, 4) is 16.9 Å². The van der Waals surface area contributed by atoms with Crippen LogP contribution in [0.15, 0.2) is 77.8 Å². The van der Waals surface area contributed by atoms with E-state index in [0.717, 1.165) is 38.9 Å². The molecular weight excluding hydrogens is 410 g/mol. The molecule has 6 aromatic rings. The monoisotopic (exact) mass is 425 g/mol. The molecule has 6 rings (SSSR count). The number of phenols is 1. The minimum atomic E-state index is 0.275. The Balaban J connectivity index is 1.46. The minimum absolute atomic E-state index is 0.275. The van der Waals surface area contributed by atoms with Crippen molar-refractivity contribution in [2.24, 2.45) is 0 Å². The van der Waals surface area contributed by atoms with Crippen molar-refractivity contribution in [3.63, 3.8) is 0 Å². The van der Waals surface area contributed by atoms with E-state index in [1.54, 1.807) is 34.8 Å². The van der Waals surface area contributed by atoms with Crippen molar-refractivity contribution in [1.29, 1.82) is 0 Å². The fourth-order valence-corrected chi connectivity index (χ4v) is 5.38. The van der Waals surface area contributed by atoms with Gasteiger partial charge in [0.15, 0.2) is 0 Å². The van der Waals surface area contributed by atoms with Crippen LogP contribution < -0.4 is 5.32 Å². The summed E-state index contributed by atoms with van der Waals surface area (Å²) >= 11 is 3.37. The van der Waals surface area contributed by atoms with E-state index in [1.165, 1.54) is 14.8 Å². The fraction of sp³-hybridized carbons (Fsp3) is 0. The van der Waals surface area contributed by atoms with Crippen LogP contribution in [0.5, 0.6) is 5.75 Å². The van der Waals surface area contributed by atoms with Gasteiger partial charge in [0.05, 0.1) is 21.2 Å². The molecule has 0 fully saturated rings. The van der Waals surface area contributed by atoms with E-state index < -0.39 is 0 Å². The predicted molar refractivity (Wildman–Crippen MR) is 127 cm³/mol. The number of hydrogen-bond acceptors (Lipinski definition) is 6. The number of thiophene rings is 1. The number of hydrogen-bond donors (Lipinski definition) is 2. The van der Waals surface area contributed by atoms with Crippen molar-refractivity contribution < 1.29 is 5.11 Å². The molecular formula is C24H15N3OS2. The maximum atomic E-state index is 9.59. The lowest BCUT2D eigenvalue weighted by atomic mass is 10.0. The molecule has 0 saturated heterocycles. The van der Waals surface area contributed by atoms with E-state index >= 15 is 0 Å². The van der Waals surface area contributed by atoms with E-state index in [4.69, 9.17) is 0 Å². The number of nitrogens with zero attached hydrogens (tertiary/aromatic N) is 2.